The Balaban J connectivity index is 1.96. The number of nitrogens with zero attached hydrogens (tertiary/aromatic N) is 3. The van der Waals surface area contributed by atoms with Crippen molar-refractivity contribution in [3.05, 3.63) is 63.5 Å². The van der Waals surface area contributed by atoms with Crippen LogP contribution in [0.25, 0.3) is 0 Å². The van der Waals surface area contributed by atoms with Crippen LogP contribution in [-0.2, 0) is 9.59 Å². The molecule has 0 N–H and O–H groups in total. The van der Waals surface area contributed by atoms with Crippen molar-refractivity contribution in [3.63, 3.8) is 0 Å². The molecule has 0 aromatic heterocycles. The number of hydrogen-bond acceptors (Lipinski definition) is 4. The van der Waals surface area contributed by atoms with Crippen molar-refractivity contribution < 1.29 is 14.5 Å². The van der Waals surface area contributed by atoms with E-state index in [2.05, 4.69) is 0 Å². The van der Waals surface area contributed by atoms with E-state index < -0.39 is 4.92 Å². The first-order chi connectivity index (χ1) is 12.4. The smallest absolute Gasteiger partial charge is 0.271 e. The fourth-order valence-electron chi connectivity index (χ4n) is 3.41. The topological polar surface area (TPSA) is 83.8 Å². The molecule has 0 saturated heterocycles. The molecule has 0 saturated carbocycles. The van der Waals surface area contributed by atoms with Crippen LogP contribution in [0.1, 0.15) is 38.7 Å². The highest BCUT2D eigenvalue weighted by Gasteiger charge is 2.47. The number of rotatable bonds is 6. The summed E-state index contributed by atoms with van der Waals surface area (Å²) in [4.78, 5) is 38.9. The number of carbonyl (C=O) groups is 2. The van der Waals surface area contributed by atoms with Crippen molar-refractivity contribution in [3.8, 4) is 0 Å². The van der Waals surface area contributed by atoms with Crippen molar-refractivity contribution in [2.75, 3.05) is 6.54 Å². The summed E-state index contributed by atoms with van der Waals surface area (Å²) >= 11 is 0. The van der Waals surface area contributed by atoms with Crippen LogP contribution in [0, 0.1) is 10.1 Å². The number of carbonyl (C=O) groups excluding carboxylic acids is 2. The number of amides is 2. The molecule has 0 spiro atoms. The SMILES string of the molecule is CCC(C)N(CC)C(=O)C1=C2C(=O)N1C=CC2c1ccc([N+](=O)[O-])cc1. The van der Waals surface area contributed by atoms with E-state index >= 15 is 0 Å². The zero-order valence-corrected chi connectivity index (χ0v) is 15.0. The van der Waals surface area contributed by atoms with Gasteiger partial charge < -0.3 is 4.90 Å². The Morgan fingerprint density at radius 3 is 2.46 bits per heavy atom. The summed E-state index contributed by atoms with van der Waals surface area (Å²) in [6.45, 7) is 6.50. The molecule has 2 bridgehead atoms. The summed E-state index contributed by atoms with van der Waals surface area (Å²) in [5, 5.41) is 10.8. The molecule has 3 aliphatic rings. The van der Waals surface area contributed by atoms with E-state index in [1.807, 2.05) is 26.8 Å². The molecule has 7 heteroatoms. The van der Waals surface area contributed by atoms with Gasteiger partial charge in [-0.3, -0.25) is 24.6 Å². The summed E-state index contributed by atoms with van der Waals surface area (Å²) < 4.78 is 0. The van der Waals surface area contributed by atoms with Crippen molar-refractivity contribution in [2.24, 2.45) is 0 Å². The molecule has 4 rings (SSSR count). The Kier molecular flexibility index (Phi) is 4.63. The summed E-state index contributed by atoms with van der Waals surface area (Å²) in [6, 6.07) is 6.18. The number of likely N-dealkylation sites (N-methyl/N-ethyl adjacent to an activating group) is 1. The van der Waals surface area contributed by atoms with Crippen LogP contribution in [-0.4, -0.2) is 39.1 Å². The lowest BCUT2D eigenvalue weighted by atomic mass is 9.81. The van der Waals surface area contributed by atoms with E-state index in [0.29, 0.717) is 17.8 Å². The highest BCUT2D eigenvalue weighted by molar-refractivity contribution is 6.16. The van der Waals surface area contributed by atoms with E-state index in [0.717, 1.165) is 12.0 Å². The van der Waals surface area contributed by atoms with E-state index in [1.165, 1.54) is 17.0 Å². The third-order valence-corrected chi connectivity index (χ3v) is 5.07. The number of nitro benzene ring substituents is 1. The zero-order chi connectivity index (χ0) is 19.0. The molecule has 3 heterocycles. The third-order valence-electron chi connectivity index (χ3n) is 5.07. The third kappa shape index (κ3) is 2.69. The van der Waals surface area contributed by atoms with Gasteiger partial charge in [0.2, 0.25) is 0 Å². The van der Waals surface area contributed by atoms with Gasteiger partial charge in [-0.2, -0.15) is 0 Å². The minimum Gasteiger partial charge on any atom is -0.335 e. The van der Waals surface area contributed by atoms with Gasteiger partial charge in [-0.05, 0) is 25.8 Å². The second-order valence-corrected chi connectivity index (χ2v) is 6.45. The molecule has 1 aromatic rings. The van der Waals surface area contributed by atoms with Gasteiger partial charge >= 0.3 is 0 Å². The highest BCUT2D eigenvalue weighted by atomic mass is 16.6. The van der Waals surface area contributed by atoms with Crippen LogP contribution in [0.2, 0.25) is 0 Å². The van der Waals surface area contributed by atoms with E-state index in [4.69, 9.17) is 0 Å². The predicted molar refractivity (Wildman–Crippen MR) is 96.0 cm³/mol. The van der Waals surface area contributed by atoms with Crippen LogP contribution < -0.4 is 0 Å². The summed E-state index contributed by atoms with van der Waals surface area (Å²) in [5.41, 5.74) is 1.64. The Hall–Kier alpha value is -2.96. The number of allylic oxidation sites excluding steroid dienone is 1. The summed E-state index contributed by atoms with van der Waals surface area (Å²) in [6.07, 6.45) is 4.30. The first kappa shape index (κ1) is 17.8. The number of benzene rings is 1. The normalized spacial score (nSPS) is 19.3. The molecule has 136 valence electrons. The number of nitro groups is 1. The van der Waals surface area contributed by atoms with Gasteiger partial charge in [0.15, 0.2) is 0 Å². The van der Waals surface area contributed by atoms with Crippen LogP contribution in [0.5, 0.6) is 0 Å². The van der Waals surface area contributed by atoms with Gasteiger partial charge in [-0.15, -0.1) is 0 Å². The molecule has 0 aliphatic carbocycles. The Bertz CT molecular complexity index is 826. The van der Waals surface area contributed by atoms with Gasteiger partial charge in [0.25, 0.3) is 17.5 Å². The Morgan fingerprint density at radius 1 is 1.31 bits per heavy atom. The average Bonchev–Trinajstić information content (AvgIpc) is 2.66. The van der Waals surface area contributed by atoms with Crippen molar-refractivity contribution in [1.29, 1.82) is 0 Å². The molecule has 1 aromatic carbocycles. The van der Waals surface area contributed by atoms with Gasteiger partial charge in [0.05, 0.1) is 10.5 Å². The molecule has 2 amide bonds. The zero-order valence-electron chi connectivity index (χ0n) is 15.0. The number of hydrogen-bond donors (Lipinski definition) is 0. The first-order valence-electron chi connectivity index (χ1n) is 8.72. The van der Waals surface area contributed by atoms with Gasteiger partial charge in [0.1, 0.15) is 5.70 Å². The Morgan fingerprint density at radius 2 is 1.96 bits per heavy atom. The molecular formula is C19H21N3O4. The number of fused-ring (bicyclic) bond motifs is 1. The van der Waals surface area contributed by atoms with E-state index in [9.17, 15) is 19.7 Å². The Labute approximate surface area is 151 Å². The highest BCUT2D eigenvalue weighted by Crippen LogP contribution is 2.43. The summed E-state index contributed by atoms with van der Waals surface area (Å²) in [5.74, 6) is -0.685. The van der Waals surface area contributed by atoms with Crippen LogP contribution in [0.15, 0.2) is 47.8 Å². The summed E-state index contributed by atoms with van der Waals surface area (Å²) in [7, 11) is 0. The average molecular weight is 355 g/mol. The van der Waals surface area contributed by atoms with E-state index in [-0.39, 0.29) is 29.5 Å². The molecule has 0 radical (unpaired) electrons. The van der Waals surface area contributed by atoms with Crippen LogP contribution in [0.4, 0.5) is 5.69 Å². The van der Waals surface area contributed by atoms with Gasteiger partial charge in [-0.1, -0.05) is 25.1 Å². The first-order valence-corrected chi connectivity index (χ1v) is 8.72. The maximum absolute atomic E-state index is 13.0. The minimum atomic E-state index is -0.462. The van der Waals surface area contributed by atoms with Crippen molar-refractivity contribution >= 4 is 17.5 Å². The molecular weight excluding hydrogens is 334 g/mol. The lowest BCUT2D eigenvalue weighted by Gasteiger charge is -2.42. The lowest BCUT2D eigenvalue weighted by molar-refractivity contribution is -0.384. The molecule has 7 nitrogen and oxygen atoms in total. The van der Waals surface area contributed by atoms with Crippen molar-refractivity contribution in [1.82, 2.24) is 9.80 Å². The van der Waals surface area contributed by atoms with E-state index in [1.54, 1.807) is 23.2 Å². The lowest BCUT2D eigenvalue weighted by Crippen LogP contribution is -2.52. The number of non-ortho nitro benzene ring substituents is 1. The fourth-order valence-corrected chi connectivity index (χ4v) is 3.41. The maximum atomic E-state index is 13.0. The van der Waals surface area contributed by atoms with Crippen LogP contribution >= 0.6 is 0 Å². The quantitative estimate of drug-likeness (QED) is 0.580. The standard InChI is InChI=1S/C19H21N3O4/c1-4-12(3)20(5-2)19(24)17-16-15(10-11-21(17)18(16)23)13-6-8-14(9-7-13)22(25)26/h6-12,15H,4-5H2,1-3H3. The second-order valence-electron chi connectivity index (χ2n) is 6.45. The predicted octanol–water partition coefficient (Wildman–Crippen LogP) is 2.95. The molecule has 3 aliphatic heterocycles. The molecule has 26 heavy (non-hydrogen) atoms. The maximum Gasteiger partial charge on any atom is 0.271 e. The monoisotopic (exact) mass is 355 g/mol. The second kappa shape index (κ2) is 6.74. The van der Waals surface area contributed by atoms with Crippen molar-refractivity contribution in [2.45, 2.75) is 39.2 Å². The van der Waals surface area contributed by atoms with Crippen LogP contribution in [0.3, 0.4) is 0 Å². The minimum absolute atomic E-state index is 0.00527. The molecule has 2 unspecified atom stereocenters. The fraction of sp³-hybridized carbons (Fsp3) is 0.368. The molecule has 0 fully saturated rings. The molecule has 2 atom stereocenters. The van der Waals surface area contributed by atoms with Gasteiger partial charge in [0, 0.05) is 36.8 Å². The van der Waals surface area contributed by atoms with Gasteiger partial charge in [-0.25, -0.2) is 0 Å². The largest absolute Gasteiger partial charge is 0.335 e.